The molecule has 0 saturated heterocycles. The van der Waals surface area contributed by atoms with Crippen LogP contribution in [-0.4, -0.2) is 31.7 Å². The Morgan fingerprint density at radius 2 is 1.74 bits per heavy atom. The molecule has 1 amide bonds. The topological polar surface area (TPSA) is 72.3 Å². The van der Waals surface area contributed by atoms with Gasteiger partial charge in [0.1, 0.15) is 5.84 Å². The second-order valence-electron chi connectivity index (χ2n) is 7.09. The van der Waals surface area contributed by atoms with E-state index in [1.165, 1.54) is 0 Å². The number of amidine groups is 1. The van der Waals surface area contributed by atoms with Gasteiger partial charge in [0.25, 0.3) is 0 Å². The zero-order valence-corrected chi connectivity index (χ0v) is 18.4. The summed E-state index contributed by atoms with van der Waals surface area (Å²) in [4.78, 5) is 23.5. The highest BCUT2D eigenvalue weighted by atomic mass is 32.1. The molecule has 1 aliphatic heterocycles. The average Bonchev–Trinajstić information content (AvgIpc) is 3.22. The van der Waals surface area contributed by atoms with E-state index in [-0.39, 0.29) is 11.8 Å². The second-order valence-corrected chi connectivity index (χ2v) is 8.12. The number of benzene rings is 2. The van der Waals surface area contributed by atoms with Crippen LogP contribution in [0.5, 0.6) is 11.5 Å². The van der Waals surface area contributed by atoms with Gasteiger partial charge in [-0.1, -0.05) is 24.3 Å². The van der Waals surface area contributed by atoms with Crippen LogP contribution in [0.25, 0.3) is 0 Å². The zero-order valence-electron chi connectivity index (χ0n) is 17.6. The molecule has 0 aliphatic carbocycles. The molecule has 158 valence electrons. The van der Waals surface area contributed by atoms with Crippen molar-refractivity contribution in [2.24, 2.45) is 9.98 Å². The number of fused-ring (bicyclic) bond motifs is 1. The average molecular weight is 434 g/mol. The minimum Gasteiger partial charge on any atom is -0.493 e. The number of carbonyl (C=O) groups is 1. The van der Waals surface area contributed by atoms with Crippen molar-refractivity contribution < 1.29 is 14.3 Å². The SMILES string of the molecule is COc1ccc([C@H]2C(C)=Nc3ccccc3N=C2NC(=O)Cc2cccs2)cc1OC. The van der Waals surface area contributed by atoms with Crippen molar-refractivity contribution in [3.8, 4) is 11.5 Å². The molecule has 0 spiro atoms. The van der Waals surface area contributed by atoms with Gasteiger partial charge < -0.3 is 14.8 Å². The maximum atomic E-state index is 12.8. The number of hydrogen-bond donors (Lipinski definition) is 1. The van der Waals surface area contributed by atoms with Crippen LogP contribution in [0, 0.1) is 0 Å². The number of nitrogens with zero attached hydrogens (tertiary/aromatic N) is 2. The summed E-state index contributed by atoms with van der Waals surface area (Å²) in [6.07, 6.45) is 0.299. The summed E-state index contributed by atoms with van der Waals surface area (Å²) in [7, 11) is 3.20. The van der Waals surface area contributed by atoms with Gasteiger partial charge in [0.15, 0.2) is 11.5 Å². The van der Waals surface area contributed by atoms with Crippen LogP contribution in [0.4, 0.5) is 11.4 Å². The Bertz CT molecular complexity index is 1150. The molecule has 1 aliphatic rings. The number of carbonyl (C=O) groups excluding carboxylic acids is 1. The van der Waals surface area contributed by atoms with Gasteiger partial charge in [-0.05, 0) is 48.2 Å². The van der Waals surface area contributed by atoms with Crippen LogP contribution >= 0.6 is 11.3 Å². The number of para-hydroxylation sites is 2. The van der Waals surface area contributed by atoms with Gasteiger partial charge in [-0.3, -0.25) is 9.79 Å². The van der Waals surface area contributed by atoms with Crippen molar-refractivity contribution in [3.05, 3.63) is 70.4 Å². The Morgan fingerprint density at radius 3 is 2.42 bits per heavy atom. The predicted octanol–water partition coefficient (Wildman–Crippen LogP) is 5.04. The molecule has 1 aromatic heterocycles. The van der Waals surface area contributed by atoms with Crippen molar-refractivity contribution in [3.63, 3.8) is 0 Å². The lowest BCUT2D eigenvalue weighted by molar-refractivity contribution is -0.119. The standard InChI is InChI=1S/C24H23N3O3S/c1-15-23(16-10-11-20(29-2)21(13-16)30-3)24(26-19-9-5-4-8-18(19)25-15)27-22(28)14-17-7-6-12-31-17/h4-13,23H,14H2,1-3H3,(H,26,27,28)/t23-/m1/s1. The summed E-state index contributed by atoms with van der Waals surface area (Å²) in [6, 6.07) is 17.2. The maximum Gasteiger partial charge on any atom is 0.230 e. The fourth-order valence-corrected chi connectivity index (χ4v) is 4.29. The van der Waals surface area contributed by atoms with E-state index in [0.717, 1.165) is 27.5 Å². The number of rotatable bonds is 5. The molecule has 7 heteroatoms. The van der Waals surface area contributed by atoms with E-state index in [1.54, 1.807) is 25.6 Å². The third kappa shape index (κ3) is 4.51. The van der Waals surface area contributed by atoms with E-state index < -0.39 is 0 Å². The normalized spacial score (nSPS) is 15.3. The predicted molar refractivity (Wildman–Crippen MR) is 125 cm³/mol. The summed E-state index contributed by atoms with van der Waals surface area (Å²) >= 11 is 1.56. The lowest BCUT2D eigenvalue weighted by atomic mass is 9.92. The molecule has 0 saturated carbocycles. The number of thiophene rings is 1. The van der Waals surface area contributed by atoms with Gasteiger partial charge in [-0.15, -0.1) is 11.3 Å². The van der Waals surface area contributed by atoms with E-state index in [4.69, 9.17) is 19.5 Å². The van der Waals surface area contributed by atoms with Crippen molar-refractivity contribution in [1.29, 1.82) is 0 Å². The minimum atomic E-state index is -0.334. The quantitative estimate of drug-likeness (QED) is 0.612. The van der Waals surface area contributed by atoms with Crippen LogP contribution in [0.15, 0.2) is 70.0 Å². The molecule has 2 heterocycles. The Labute approximate surface area is 185 Å². The fourth-order valence-electron chi connectivity index (χ4n) is 3.59. The first-order chi connectivity index (χ1) is 15.1. The van der Waals surface area contributed by atoms with Gasteiger partial charge in [0.05, 0.1) is 37.9 Å². The molecule has 0 fully saturated rings. The number of aliphatic imine (C=N–C) groups is 2. The van der Waals surface area contributed by atoms with Crippen LogP contribution < -0.4 is 14.8 Å². The van der Waals surface area contributed by atoms with Gasteiger partial charge >= 0.3 is 0 Å². The first kappa shape index (κ1) is 20.8. The van der Waals surface area contributed by atoms with Crippen LogP contribution in [0.1, 0.15) is 23.3 Å². The Hall–Kier alpha value is -3.45. The third-order valence-electron chi connectivity index (χ3n) is 5.03. The highest BCUT2D eigenvalue weighted by Gasteiger charge is 2.27. The van der Waals surface area contributed by atoms with Crippen LogP contribution in [-0.2, 0) is 11.2 Å². The lowest BCUT2D eigenvalue weighted by Crippen LogP contribution is -2.37. The molecule has 6 nitrogen and oxygen atoms in total. The second kappa shape index (κ2) is 9.14. The van der Waals surface area contributed by atoms with Crippen LogP contribution in [0.2, 0.25) is 0 Å². The van der Waals surface area contributed by atoms with Crippen molar-refractivity contribution >= 4 is 40.2 Å². The molecule has 0 radical (unpaired) electrons. The summed E-state index contributed by atoms with van der Waals surface area (Å²) in [6.45, 7) is 1.95. The smallest absolute Gasteiger partial charge is 0.230 e. The third-order valence-corrected chi connectivity index (χ3v) is 5.91. The lowest BCUT2D eigenvalue weighted by Gasteiger charge is -2.20. The Morgan fingerprint density at radius 1 is 1.00 bits per heavy atom. The van der Waals surface area contributed by atoms with Crippen molar-refractivity contribution in [2.75, 3.05) is 14.2 Å². The number of amides is 1. The van der Waals surface area contributed by atoms with Gasteiger partial charge in [-0.25, -0.2) is 4.99 Å². The molecule has 1 atom stereocenters. The highest BCUT2D eigenvalue weighted by Crippen LogP contribution is 2.36. The summed E-state index contributed by atoms with van der Waals surface area (Å²) in [5.41, 5.74) is 3.22. The molecule has 3 aromatic rings. The van der Waals surface area contributed by atoms with E-state index >= 15 is 0 Å². The summed E-state index contributed by atoms with van der Waals surface area (Å²) < 4.78 is 10.9. The first-order valence-corrected chi connectivity index (χ1v) is 10.7. The zero-order chi connectivity index (χ0) is 21.8. The molecule has 31 heavy (non-hydrogen) atoms. The molecular weight excluding hydrogens is 410 g/mol. The summed E-state index contributed by atoms with van der Waals surface area (Å²) in [5.74, 6) is 1.34. The number of hydrogen-bond acceptors (Lipinski definition) is 6. The maximum absolute atomic E-state index is 12.8. The molecule has 0 unspecified atom stereocenters. The monoisotopic (exact) mass is 433 g/mol. The highest BCUT2D eigenvalue weighted by molar-refractivity contribution is 7.10. The number of nitrogens with one attached hydrogen (secondary N) is 1. The van der Waals surface area contributed by atoms with Gasteiger partial charge in [0.2, 0.25) is 5.91 Å². The molecular formula is C24H23N3O3S. The Balaban J connectivity index is 1.76. The Kier molecular flexibility index (Phi) is 6.13. The van der Waals surface area contributed by atoms with Crippen LogP contribution in [0.3, 0.4) is 0 Å². The minimum absolute atomic E-state index is 0.112. The number of ether oxygens (including phenoxy) is 2. The van der Waals surface area contributed by atoms with E-state index in [2.05, 4.69) is 5.32 Å². The molecule has 4 rings (SSSR count). The summed E-state index contributed by atoms with van der Waals surface area (Å²) in [5, 5.41) is 5.01. The van der Waals surface area contributed by atoms with E-state index in [9.17, 15) is 4.79 Å². The number of methoxy groups -OCH3 is 2. The molecule has 1 N–H and O–H groups in total. The molecule has 0 bridgehead atoms. The molecule has 2 aromatic carbocycles. The van der Waals surface area contributed by atoms with Crippen molar-refractivity contribution in [1.82, 2.24) is 5.32 Å². The van der Waals surface area contributed by atoms with E-state index in [0.29, 0.717) is 23.8 Å². The largest absolute Gasteiger partial charge is 0.493 e. The van der Waals surface area contributed by atoms with E-state index in [1.807, 2.05) is 66.9 Å². The van der Waals surface area contributed by atoms with Gasteiger partial charge in [0, 0.05) is 10.6 Å². The van der Waals surface area contributed by atoms with Crippen molar-refractivity contribution in [2.45, 2.75) is 19.3 Å². The van der Waals surface area contributed by atoms with Gasteiger partial charge in [-0.2, -0.15) is 0 Å². The fraction of sp³-hybridized carbons (Fsp3) is 0.208. The first-order valence-electron chi connectivity index (χ1n) is 9.86.